The van der Waals surface area contributed by atoms with E-state index in [0.717, 1.165) is 78.9 Å². The third-order valence-electron chi connectivity index (χ3n) is 6.28. The van der Waals surface area contributed by atoms with Crippen LogP contribution in [0.25, 0.3) is 22.4 Å². The van der Waals surface area contributed by atoms with Gasteiger partial charge in [-0.2, -0.15) is 0 Å². The van der Waals surface area contributed by atoms with Crippen LogP contribution in [-0.4, -0.2) is 34.4 Å². The van der Waals surface area contributed by atoms with Crippen molar-refractivity contribution in [2.45, 2.75) is 44.6 Å². The van der Waals surface area contributed by atoms with Crippen LogP contribution in [0.4, 0.5) is 11.4 Å². The lowest BCUT2D eigenvalue weighted by atomic mass is 10.1. The standard InChI is InChI=1S/C24H27N5O2/c30-23(16-4-1-2-5-16)26-17-9-7-15(8-10-17)22-28-19-12-11-18(14-21(19)29-22)27-24(31)20-6-3-13-25-20/h7-12,14,16,20,25H,1-6,13H2,(H,26,30)(H,27,31)(H,28,29). The van der Waals surface area contributed by atoms with Crippen molar-refractivity contribution in [1.29, 1.82) is 0 Å². The number of nitrogens with one attached hydrogen (secondary N) is 4. The molecule has 2 aliphatic rings. The number of carbonyl (C=O) groups is 2. The number of aromatic nitrogens is 2. The van der Waals surface area contributed by atoms with Gasteiger partial charge in [0.2, 0.25) is 11.8 Å². The summed E-state index contributed by atoms with van der Waals surface area (Å²) in [6.45, 7) is 0.893. The summed E-state index contributed by atoms with van der Waals surface area (Å²) >= 11 is 0. The third-order valence-corrected chi connectivity index (χ3v) is 6.28. The zero-order valence-electron chi connectivity index (χ0n) is 17.4. The number of hydrogen-bond acceptors (Lipinski definition) is 4. The van der Waals surface area contributed by atoms with E-state index in [4.69, 9.17) is 0 Å². The van der Waals surface area contributed by atoms with E-state index in [2.05, 4.69) is 25.9 Å². The molecular weight excluding hydrogens is 390 g/mol. The minimum absolute atomic E-state index is 0.00632. The van der Waals surface area contributed by atoms with Gasteiger partial charge in [0.15, 0.2) is 0 Å². The van der Waals surface area contributed by atoms with Crippen molar-refractivity contribution in [3.05, 3.63) is 42.5 Å². The van der Waals surface area contributed by atoms with Crippen LogP contribution in [-0.2, 0) is 9.59 Å². The number of nitrogens with zero attached hydrogens (tertiary/aromatic N) is 1. The number of H-pyrrole nitrogens is 1. The topological polar surface area (TPSA) is 98.9 Å². The molecule has 1 unspecified atom stereocenters. The SMILES string of the molecule is O=C(Nc1ccc(-c2nc3ccc(NC(=O)C4CCCN4)cc3[nH]2)cc1)C1CCCC1. The second kappa shape index (κ2) is 8.51. The average molecular weight is 418 g/mol. The van der Waals surface area contributed by atoms with E-state index in [9.17, 15) is 9.59 Å². The Hall–Kier alpha value is -3.19. The van der Waals surface area contributed by atoms with Crippen LogP contribution in [0.15, 0.2) is 42.5 Å². The Morgan fingerprint density at radius 3 is 2.35 bits per heavy atom. The first-order valence-corrected chi connectivity index (χ1v) is 11.1. The van der Waals surface area contributed by atoms with Crippen molar-refractivity contribution < 1.29 is 9.59 Å². The Bertz CT molecular complexity index is 1090. The summed E-state index contributed by atoms with van der Waals surface area (Å²) in [7, 11) is 0. The van der Waals surface area contributed by atoms with E-state index >= 15 is 0 Å². The lowest BCUT2D eigenvalue weighted by Gasteiger charge is -2.10. The molecule has 2 heterocycles. The van der Waals surface area contributed by atoms with Gasteiger partial charge in [0.1, 0.15) is 5.82 Å². The number of fused-ring (bicyclic) bond motifs is 1. The lowest BCUT2D eigenvalue weighted by molar-refractivity contribution is -0.119. The zero-order chi connectivity index (χ0) is 21.2. The van der Waals surface area contributed by atoms with Crippen molar-refractivity contribution in [3.8, 4) is 11.4 Å². The molecule has 2 amide bonds. The minimum atomic E-state index is -0.110. The number of benzene rings is 2. The summed E-state index contributed by atoms with van der Waals surface area (Å²) in [6, 6.07) is 13.3. The quantitative estimate of drug-likeness (QED) is 0.503. The lowest BCUT2D eigenvalue weighted by Crippen LogP contribution is -2.35. The van der Waals surface area contributed by atoms with Crippen LogP contribution >= 0.6 is 0 Å². The Kier molecular flexibility index (Phi) is 5.42. The summed E-state index contributed by atoms with van der Waals surface area (Å²) in [5, 5.41) is 9.22. The highest BCUT2D eigenvalue weighted by atomic mass is 16.2. The maximum atomic E-state index is 12.3. The fraction of sp³-hybridized carbons (Fsp3) is 0.375. The fourth-order valence-corrected chi connectivity index (χ4v) is 4.51. The van der Waals surface area contributed by atoms with Gasteiger partial charge < -0.3 is 20.9 Å². The van der Waals surface area contributed by atoms with Gasteiger partial charge in [0.05, 0.1) is 17.1 Å². The minimum Gasteiger partial charge on any atom is -0.338 e. The molecule has 1 aliphatic carbocycles. The maximum absolute atomic E-state index is 12.3. The molecule has 1 saturated heterocycles. The van der Waals surface area contributed by atoms with Crippen LogP contribution in [0.5, 0.6) is 0 Å². The van der Waals surface area contributed by atoms with Gasteiger partial charge in [-0.05, 0) is 74.7 Å². The van der Waals surface area contributed by atoms with Crippen molar-refractivity contribution in [3.63, 3.8) is 0 Å². The van der Waals surface area contributed by atoms with E-state index in [0.29, 0.717) is 0 Å². The fourth-order valence-electron chi connectivity index (χ4n) is 4.51. The first-order chi connectivity index (χ1) is 15.2. The second-order valence-corrected chi connectivity index (χ2v) is 8.50. The summed E-state index contributed by atoms with van der Waals surface area (Å²) in [5.41, 5.74) is 4.21. The van der Waals surface area contributed by atoms with Crippen LogP contribution in [0.2, 0.25) is 0 Å². The first-order valence-electron chi connectivity index (χ1n) is 11.1. The number of anilines is 2. The number of amides is 2. The van der Waals surface area contributed by atoms with Crippen LogP contribution in [0.3, 0.4) is 0 Å². The zero-order valence-corrected chi connectivity index (χ0v) is 17.4. The largest absolute Gasteiger partial charge is 0.338 e. The van der Waals surface area contributed by atoms with Gasteiger partial charge >= 0.3 is 0 Å². The van der Waals surface area contributed by atoms with Crippen molar-refractivity contribution >= 4 is 34.2 Å². The number of hydrogen-bond donors (Lipinski definition) is 4. The molecule has 3 aromatic rings. The predicted octanol–water partition coefficient (Wildman–Crippen LogP) is 4.05. The molecule has 7 heteroatoms. The summed E-state index contributed by atoms with van der Waals surface area (Å²) < 4.78 is 0. The van der Waals surface area contributed by atoms with Crippen LogP contribution < -0.4 is 16.0 Å². The highest BCUT2D eigenvalue weighted by Crippen LogP contribution is 2.27. The monoisotopic (exact) mass is 417 g/mol. The van der Waals surface area contributed by atoms with E-state index in [-0.39, 0.29) is 23.8 Å². The highest BCUT2D eigenvalue weighted by molar-refractivity contribution is 5.97. The summed E-state index contributed by atoms with van der Waals surface area (Å²) in [6.07, 6.45) is 6.17. The third kappa shape index (κ3) is 4.32. The van der Waals surface area contributed by atoms with Crippen LogP contribution in [0.1, 0.15) is 38.5 Å². The smallest absolute Gasteiger partial charge is 0.241 e. The molecule has 1 saturated carbocycles. The molecular formula is C24H27N5O2. The van der Waals surface area contributed by atoms with Crippen molar-refractivity contribution in [1.82, 2.24) is 15.3 Å². The van der Waals surface area contributed by atoms with E-state index in [1.165, 1.54) is 0 Å². The van der Waals surface area contributed by atoms with Gasteiger partial charge in [-0.15, -0.1) is 0 Å². The maximum Gasteiger partial charge on any atom is 0.241 e. The number of aromatic amines is 1. The van der Waals surface area contributed by atoms with Crippen LogP contribution in [0, 0.1) is 5.92 Å². The molecule has 1 atom stereocenters. The number of carbonyl (C=O) groups excluding carboxylic acids is 2. The Labute approximate surface area is 181 Å². The van der Waals surface area contributed by atoms with Crippen molar-refractivity contribution in [2.75, 3.05) is 17.2 Å². The molecule has 31 heavy (non-hydrogen) atoms. The molecule has 1 aromatic heterocycles. The highest BCUT2D eigenvalue weighted by Gasteiger charge is 2.23. The summed E-state index contributed by atoms with van der Waals surface area (Å²) in [4.78, 5) is 32.7. The summed E-state index contributed by atoms with van der Waals surface area (Å²) in [5.74, 6) is 1.03. The van der Waals surface area contributed by atoms with Gasteiger partial charge in [0, 0.05) is 22.9 Å². The van der Waals surface area contributed by atoms with E-state index in [1.807, 2.05) is 42.5 Å². The molecule has 0 bridgehead atoms. The van der Waals surface area contributed by atoms with E-state index < -0.39 is 0 Å². The molecule has 160 valence electrons. The van der Waals surface area contributed by atoms with E-state index in [1.54, 1.807) is 0 Å². The van der Waals surface area contributed by atoms with Gasteiger partial charge in [-0.3, -0.25) is 9.59 Å². The molecule has 1 aliphatic heterocycles. The predicted molar refractivity (Wildman–Crippen MR) is 122 cm³/mol. The Morgan fingerprint density at radius 1 is 0.871 bits per heavy atom. The molecule has 2 aromatic carbocycles. The molecule has 0 spiro atoms. The van der Waals surface area contributed by atoms with Gasteiger partial charge in [-0.1, -0.05) is 12.8 Å². The number of imidazole rings is 1. The Balaban J connectivity index is 1.28. The average Bonchev–Trinajstić information content (AvgIpc) is 3.55. The molecule has 5 rings (SSSR count). The van der Waals surface area contributed by atoms with Crippen molar-refractivity contribution in [2.24, 2.45) is 5.92 Å². The normalized spacial score (nSPS) is 19.0. The molecule has 0 radical (unpaired) electrons. The second-order valence-electron chi connectivity index (χ2n) is 8.50. The van der Waals surface area contributed by atoms with Gasteiger partial charge in [-0.25, -0.2) is 4.98 Å². The Morgan fingerprint density at radius 2 is 1.61 bits per heavy atom. The first kappa shape index (κ1) is 19.8. The van der Waals surface area contributed by atoms with Gasteiger partial charge in [0.25, 0.3) is 0 Å². The molecule has 4 N–H and O–H groups in total. The molecule has 7 nitrogen and oxygen atoms in total. The molecule has 2 fully saturated rings. The number of rotatable bonds is 5.